The number of pyridine rings is 1. The quantitative estimate of drug-likeness (QED) is 0.738. The standard InChI is InChI=1S/C16H15N3O2/c1-10-13(20-2)5-4-12-14(10)18-15(19-16(12)21-3)11-6-8-17-9-7-11/h4-9H,1-3H3. The maximum atomic E-state index is 5.41. The van der Waals surface area contributed by atoms with E-state index in [0.29, 0.717) is 11.7 Å². The van der Waals surface area contributed by atoms with Crippen molar-refractivity contribution in [3.05, 3.63) is 42.2 Å². The molecule has 0 saturated heterocycles. The van der Waals surface area contributed by atoms with Crippen molar-refractivity contribution in [1.82, 2.24) is 15.0 Å². The fourth-order valence-electron chi connectivity index (χ4n) is 2.29. The third-order valence-corrected chi connectivity index (χ3v) is 3.39. The van der Waals surface area contributed by atoms with Gasteiger partial charge in [-0.15, -0.1) is 0 Å². The van der Waals surface area contributed by atoms with Crippen LogP contribution in [0.4, 0.5) is 0 Å². The van der Waals surface area contributed by atoms with Crippen molar-refractivity contribution in [1.29, 1.82) is 0 Å². The molecule has 0 amide bonds. The number of methoxy groups -OCH3 is 2. The van der Waals surface area contributed by atoms with E-state index in [4.69, 9.17) is 9.47 Å². The van der Waals surface area contributed by atoms with Crippen molar-refractivity contribution in [3.63, 3.8) is 0 Å². The van der Waals surface area contributed by atoms with E-state index in [-0.39, 0.29) is 0 Å². The Labute approximate surface area is 122 Å². The summed E-state index contributed by atoms with van der Waals surface area (Å²) in [6.45, 7) is 1.98. The topological polar surface area (TPSA) is 57.1 Å². The number of ether oxygens (including phenoxy) is 2. The first-order chi connectivity index (χ1) is 10.2. The van der Waals surface area contributed by atoms with E-state index in [1.165, 1.54) is 0 Å². The van der Waals surface area contributed by atoms with Crippen LogP contribution in [0.1, 0.15) is 5.56 Å². The highest BCUT2D eigenvalue weighted by Gasteiger charge is 2.13. The van der Waals surface area contributed by atoms with Crippen molar-refractivity contribution in [2.45, 2.75) is 6.92 Å². The highest BCUT2D eigenvalue weighted by atomic mass is 16.5. The van der Waals surface area contributed by atoms with Gasteiger partial charge in [-0.1, -0.05) is 0 Å². The summed E-state index contributed by atoms with van der Waals surface area (Å²) in [7, 11) is 3.26. The van der Waals surface area contributed by atoms with Gasteiger partial charge >= 0.3 is 0 Å². The van der Waals surface area contributed by atoms with Crippen molar-refractivity contribution >= 4 is 10.9 Å². The van der Waals surface area contributed by atoms with Gasteiger partial charge in [0.15, 0.2) is 5.82 Å². The minimum atomic E-state index is 0.553. The minimum absolute atomic E-state index is 0.553. The number of hydrogen-bond acceptors (Lipinski definition) is 5. The largest absolute Gasteiger partial charge is 0.496 e. The lowest BCUT2D eigenvalue weighted by Crippen LogP contribution is -1.98. The molecule has 2 heterocycles. The first-order valence-electron chi connectivity index (χ1n) is 6.54. The highest BCUT2D eigenvalue weighted by Crippen LogP contribution is 2.32. The van der Waals surface area contributed by atoms with Crippen molar-refractivity contribution < 1.29 is 9.47 Å². The first kappa shape index (κ1) is 13.3. The summed E-state index contributed by atoms with van der Waals surface area (Å²) >= 11 is 0. The van der Waals surface area contributed by atoms with Crippen LogP contribution in [0.3, 0.4) is 0 Å². The number of nitrogens with zero attached hydrogens (tertiary/aromatic N) is 3. The molecule has 3 aromatic rings. The van der Waals surface area contributed by atoms with E-state index >= 15 is 0 Å². The van der Waals surface area contributed by atoms with Crippen LogP contribution >= 0.6 is 0 Å². The Kier molecular flexibility index (Phi) is 3.39. The number of fused-ring (bicyclic) bond motifs is 1. The van der Waals surface area contributed by atoms with Crippen molar-refractivity contribution in [2.24, 2.45) is 0 Å². The molecule has 0 bridgehead atoms. The van der Waals surface area contributed by atoms with E-state index in [1.807, 2.05) is 31.2 Å². The molecule has 0 fully saturated rings. The molecule has 0 atom stereocenters. The monoisotopic (exact) mass is 281 g/mol. The molecule has 2 aromatic heterocycles. The Morgan fingerprint density at radius 1 is 0.905 bits per heavy atom. The van der Waals surface area contributed by atoms with Gasteiger partial charge in [0.25, 0.3) is 0 Å². The predicted octanol–water partition coefficient (Wildman–Crippen LogP) is 3.02. The van der Waals surface area contributed by atoms with E-state index in [0.717, 1.165) is 27.8 Å². The summed E-state index contributed by atoms with van der Waals surface area (Å²) in [5.41, 5.74) is 2.69. The van der Waals surface area contributed by atoms with Crippen LogP contribution in [0, 0.1) is 6.92 Å². The molecule has 0 unspecified atom stereocenters. The molecular weight excluding hydrogens is 266 g/mol. The van der Waals surface area contributed by atoms with Gasteiger partial charge in [0, 0.05) is 23.5 Å². The molecule has 106 valence electrons. The van der Waals surface area contributed by atoms with E-state index in [9.17, 15) is 0 Å². The maximum Gasteiger partial charge on any atom is 0.224 e. The molecule has 0 aliphatic heterocycles. The molecule has 21 heavy (non-hydrogen) atoms. The van der Waals surface area contributed by atoms with Crippen LogP contribution in [0.5, 0.6) is 11.6 Å². The summed E-state index contributed by atoms with van der Waals surface area (Å²) in [6.07, 6.45) is 3.43. The normalized spacial score (nSPS) is 10.6. The van der Waals surface area contributed by atoms with Gasteiger partial charge < -0.3 is 9.47 Å². The Morgan fingerprint density at radius 2 is 1.67 bits per heavy atom. The molecule has 0 aliphatic carbocycles. The fraction of sp³-hybridized carbons (Fsp3) is 0.188. The van der Waals surface area contributed by atoms with Crippen LogP contribution in [0.15, 0.2) is 36.7 Å². The zero-order valence-corrected chi connectivity index (χ0v) is 12.1. The zero-order valence-electron chi connectivity index (χ0n) is 12.1. The fourth-order valence-corrected chi connectivity index (χ4v) is 2.29. The third-order valence-electron chi connectivity index (χ3n) is 3.39. The summed E-state index contributed by atoms with van der Waals surface area (Å²) in [6, 6.07) is 7.55. The molecule has 0 saturated carbocycles. The lowest BCUT2D eigenvalue weighted by atomic mass is 10.1. The lowest BCUT2D eigenvalue weighted by Gasteiger charge is -2.11. The lowest BCUT2D eigenvalue weighted by molar-refractivity contribution is 0.402. The van der Waals surface area contributed by atoms with Crippen LogP contribution in [-0.2, 0) is 0 Å². The summed E-state index contributed by atoms with van der Waals surface area (Å²) in [4.78, 5) is 13.2. The van der Waals surface area contributed by atoms with Crippen LogP contribution in [0.2, 0.25) is 0 Å². The second-order valence-electron chi connectivity index (χ2n) is 4.58. The predicted molar refractivity (Wildman–Crippen MR) is 80.6 cm³/mol. The SMILES string of the molecule is COc1ccc2c(OC)nc(-c3ccncc3)nc2c1C. The first-order valence-corrected chi connectivity index (χ1v) is 6.54. The highest BCUT2D eigenvalue weighted by molar-refractivity contribution is 5.89. The molecule has 5 heteroatoms. The third kappa shape index (κ3) is 2.27. The van der Waals surface area contributed by atoms with Crippen LogP contribution < -0.4 is 9.47 Å². The van der Waals surface area contributed by atoms with E-state index < -0.39 is 0 Å². The molecule has 0 N–H and O–H groups in total. The summed E-state index contributed by atoms with van der Waals surface area (Å²) in [5.74, 6) is 1.96. The van der Waals surface area contributed by atoms with Crippen molar-refractivity contribution in [2.75, 3.05) is 14.2 Å². The number of rotatable bonds is 3. The number of aryl methyl sites for hydroxylation is 1. The molecule has 0 radical (unpaired) electrons. The second kappa shape index (κ2) is 5.36. The van der Waals surface area contributed by atoms with Gasteiger partial charge in [-0.05, 0) is 31.2 Å². The maximum absolute atomic E-state index is 5.41. The van der Waals surface area contributed by atoms with Gasteiger partial charge in [-0.2, -0.15) is 4.98 Å². The zero-order chi connectivity index (χ0) is 14.8. The van der Waals surface area contributed by atoms with E-state index in [1.54, 1.807) is 26.6 Å². The molecule has 1 aromatic carbocycles. The van der Waals surface area contributed by atoms with Crippen molar-refractivity contribution in [3.8, 4) is 23.0 Å². The summed E-state index contributed by atoms with van der Waals surface area (Å²) in [5, 5.41) is 0.869. The van der Waals surface area contributed by atoms with Gasteiger partial charge in [0.1, 0.15) is 5.75 Å². The molecular formula is C16H15N3O2. The smallest absolute Gasteiger partial charge is 0.224 e. The Hall–Kier alpha value is -2.69. The van der Waals surface area contributed by atoms with Gasteiger partial charge in [0.2, 0.25) is 5.88 Å². The minimum Gasteiger partial charge on any atom is -0.496 e. The van der Waals surface area contributed by atoms with E-state index in [2.05, 4.69) is 15.0 Å². The number of benzene rings is 1. The van der Waals surface area contributed by atoms with Gasteiger partial charge in [-0.25, -0.2) is 4.98 Å². The average molecular weight is 281 g/mol. The Bertz CT molecular complexity index is 788. The van der Waals surface area contributed by atoms with Gasteiger partial charge in [-0.3, -0.25) is 4.98 Å². The Morgan fingerprint density at radius 3 is 2.33 bits per heavy atom. The average Bonchev–Trinajstić information content (AvgIpc) is 2.55. The second-order valence-corrected chi connectivity index (χ2v) is 4.58. The Balaban J connectivity index is 2.31. The summed E-state index contributed by atoms with van der Waals surface area (Å²) < 4.78 is 10.8. The number of aromatic nitrogens is 3. The molecule has 5 nitrogen and oxygen atoms in total. The molecule has 3 rings (SSSR count). The van der Waals surface area contributed by atoms with Crippen LogP contribution in [-0.4, -0.2) is 29.2 Å². The number of hydrogen-bond donors (Lipinski definition) is 0. The molecule has 0 spiro atoms. The van der Waals surface area contributed by atoms with Gasteiger partial charge in [0.05, 0.1) is 25.1 Å². The molecule has 0 aliphatic rings. The van der Waals surface area contributed by atoms with Crippen LogP contribution in [0.25, 0.3) is 22.3 Å².